The predicted molar refractivity (Wildman–Crippen MR) is 143 cm³/mol. The van der Waals surface area contributed by atoms with Crippen LogP contribution in [0.1, 0.15) is 44.1 Å². The number of hydrogen-bond acceptors (Lipinski definition) is 7. The highest BCUT2D eigenvalue weighted by Gasteiger charge is 2.41. The van der Waals surface area contributed by atoms with E-state index in [4.69, 9.17) is 0 Å². The molecule has 1 aromatic carbocycles. The number of carbonyl (C=O) groups excluding carboxylic acids is 1. The van der Waals surface area contributed by atoms with Crippen molar-refractivity contribution in [2.45, 2.75) is 56.7 Å². The number of pyridine rings is 1. The molecular formula is C28H33N7O2. The van der Waals surface area contributed by atoms with Crippen LogP contribution in [0.5, 0.6) is 0 Å². The van der Waals surface area contributed by atoms with Crippen molar-refractivity contribution in [3.8, 4) is 0 Å². The lowest BCUT2D eigenvalue weighted by atomic mass is 9.84. The normalized spacial score (nSPS) is 20.8. The highest BCUT2D eigenvalue weighted by molar-refractivity contribution is 5.81. The number of likely N-dealkylation sites (tertiary alicyclic amines) is 1. The molecule has 2 aliphatic heterocycles. The molecule has 1 atom stereocenters. The Bertz CT molecular complexity index is 1250. The lowest BCUT2D eigenvalue weighted by Gasteiger charge is -2.40. The summed E-state index contributed by atoms with van der Waals surface area (Å²) in [6.07, 6.45) is 12.3. The molecule has 1 saturated carbocycles. The van der Waals surface area contributed by atoms with Crippen LogP contribution in [0.3, 0.4) is 0 Å². The Kier molecular flexibility index (Phi) is 6.38. The standard InChI is InChI=1S/C28H33N7O2/c36-27(22-3-4-22)33-16-11-28(37,12-17-33)18-25-9-14-30-35(25)24-7-5-23(6-8-24)31-26-10-15-34(32-26)20-21-2-1-13-29-19-21/h1-2,5-8,10,13-15,19,22,25,37H,3-4,9,11-12,16-18,20H2,(H,31,32). The van der Waals surface area contributed by atoms with E-state index in [9.17, 15) is 9.90 Å². The van der Waals surface area contributed by atoms with Crippen LogP contribution in [0.2, 0.25) is 0 Å². The van der Waals surface area contributed by atoms with Gasteiger partial charge in [-0.2, -0.15) is 10.2 Å². The summed E-state index contributed by atoms with van der Waals surface area (Å²) in [4.78, 5) is 18.5. The van der Waals surface area contributed by atoms with E-state index in [2.05, 4.69) is 20.5 Å². The van der Waals surface area contributed by atoms with Gasteiger partial charge in [0.1, 0.15) is 0 Å². The Balaban J connectivity index is 1.04. The Morgan fingerprint density at radius 3 is 2.65 bits per heavy atom. The average Bonchev–Trinajstić information content (AvgIpc) is 3.53. The SMILES string of the molecule is O=C(C1CC1)N1CCC(O)(CC2CC=NN2c2ccc(Nc3ccn(Cc4cccnc4)n3)cc2)CC1. The van der Waals surface area contributed by atoms with Gasteiger partial charge in [0, 0.05) is 62.0 Å². The van der Waals surface area contributed by atoms with Crippen LogP contribution in [0.4, 0.5) is 17.2 Å². The van der Waals surface area contributed by atoms with E-state index >= 15 is 0 Å². The van der Waals surface area contributed by atoms with Crippen LogP contribution in [0.15, 0.2) is 66.2 Å². The molecule has 0 bridgehead atoms. The topological polar surface area (TPSA) is 98.9 Å². The molecule has 2 fully saturated rings. The number of hydrogen-bond donors (Lipinski definition) is 2. The number of amides is 1. The van der Waals surface area contributed by atoms with Crippen LogP contribution >= 0.6 is 0 Å². The summed E-state index contributed by atoms with van der Waals surface area (Å²) in [7, 11) is 0. The monoisotopic (exact) mass is 499 g/mol. The van der Waals surface area contributed by atoms with Gasteiger partial charge in [-0.25, -0.2) is 0 Å². The molecule has 2 N–H and O–H groups in total. The summed E-state index contributed by atoms with van der Waals surface area (Å²) in [5.74, 6) is 1.30. The maximum absolute atomic E-state index is 12.4. The minimum atomic E-state index is -0.757. The van der Waals surface area contributed by atoms with Crippen molar-refractivity contribution in [3.05, 3.63) is 66.6 Å². The number of hydrazone groups is 1. The fourth-order valence-electron chi connectivity index (χ4n) is 5.31. The second-order valence-electron chi connectivity index (χ2n) is 10.5. The molecule has 9 nitrogen and oxygen atoms in total. The molecule has 1 unspecified atom stereocenters. The number of aromatic nitrogens is 3. The molecule has 1 amide bonds. The van der Waals surface area contributed by atoms with Crippen molar-refractivity contribution in [1.82, 2.24) is 19.7 Å². The number of anilines is 3. The Morgan fingerprint density at radius 2 is 1.92 bits per heavy atom. The van der Waals surface area contributed by atoms with Gasteiger partial charge in [0.25, 0.3) is 0 Å². The van der Waals surface area contributed by atoms with Crippen molar-refractivity contribution >= 4 is 29.3 Å². The first-order chi connectivity index (χ1) is 18.0. The van der Waals surface area contributed by atoms with Gasteiger partial charge in [0.05, 0.1) is 23.9 Å². The van der Waals surface area contributed by atoms with E-state index in [0.717, 1.165) is 42.0 Å². The summed E-state index contributed by atoms with van der Waals surface area (Å²) in [5, 5.41) is 25.9. The van der Waals surface area contributed by atoms with Crippen LogP contribution in [-0.2, 0) is 11.3 Å². The molecule has 3 aromatic rings. The molecule has 192 valence electrons. The highest BCUT2D eigenvalue weighted by Crippen LogP contribution is 2.36. The van der Waals surface area contributed by atoms with Crippen molar-refractivity contribution < 1.29 is 9.90 Å². The van der Waals surface area contributed by atoms with E-state index < -0.39 is 5.60 Å². The van der Waals surface area contributed by atoms with Crippen LogP contribution in [-0.4, -0.2) is 61.6 Å². The molecule has 3 aliphatic rings. The van der Waals surface area contributed by atoms with E-state index in [1.807, 2.05) is 75.7 Å². The summed E-state index contributed by atoms with van der Waals surface area (Å²) >= 11 is 0. The number of rotatable bonds is 8. The number of nitrogens with zero attached hydrogens (tertiary/aromatic N) is 6. The molecule has 37 heavy (non-hydrogen) atoms. The first-order valence-electron chi connectivity index (χ1n) is 13.2. The molecular weight excluding hydrogens is 466 g/mol. The summed E-state index contributed by atoms with van der Waals surface area (Å²) < 4.78 is 1.88. The molecule has 0 radical (unpaired) electrons. The Hall–Kier alpha value is -3.72. The third-order valence-electron chi connectivity index (χ3n) is 7.59. The minimum absolute atomic E-state index is 0.109. The first kappa shape index (κ1) is 23.7. The highest BCUT2D eigenvalue weighted by atomic mass is 16.3. The van der Waals surface area contributed by atoms with Crippen molar-refractivity contribution in [2.24, 2.45) is 11.0 Å². The smallest absolute Gasteiger partial charge is 0.225 e. The number of aliphatic hydroxyl groups is 1. The molecule has 0 spiro atoms. The Morgan fingerprint density at radius 1 is 1.11 bits per heavy atom. The van der Waals surface area contributed by atoms with Crippen molar-refractivity contribution in [3.63, 3.8) is 0 Å². The largest absolute Gasteiger partial charge is 0.390 e. The van der Waals surface area contributed by atoms with Crippen LogP contribution < -0.4 is 10.3 Å². The number of piperidine rings is 1. The molecule has 1 saturated heterocycles. The molecule has 2 aromatic heterocycles. The van der Waals surface area contributed by atoms with Gasteiger partial charge in [-0.3, -0.25) is 19.5 Å². The third kappa shape index (κ3) is 5.51. The maximum Gasteiger partial charge on any atom is 0.225 e. The van der Waals surface area contributed by atoms with Crippen molar-refractivity contribution in [1.29, 1.82) is 0 Å². The number of nitrogens with one attached hydrogen (secondary N) is 1. The lowest BCUT2D eigenvalue weighted by molar-refractivity contribution is -0.137. The second kappa shape index (κ2) is 9.97. The zero-order chi connectivity index (χ0) is 25.2. The summed E-state index contributed by atoms with van der Waals surface area (Å²) in [6, 6.07) is 14.2. The second-order valence-corrected chi connectivity index (χ2v) is 10.5. The minimum Gasteiger partial charge on any atom is -0.390 e. The van der Waals surface area contributed by atoms with Gasteiger partial charge in [-0.15, -0.1) is 0 Å². The zero-order valence-corrected chi connectivity index (χ0v) is 20.9. The average molecular weight is 500 g/mol. The quantitative estimate of drug-likeness (QED) is 0.489. The number of benzene rings is 1. The lowest BCUT2D eigenvalue weighted by Crippen LogP contribution is -2.49. The van der Waals surface area contributed by atoms with Gasteiger partial charge >= 0.3 is 0 Å². The molecule has 4 heterocycles. The van der Waals surface area contributed by atoms with Crippen LogP contribution in [0.25, 0.3) is 0 Å². The van der Waals surface area contributed by atoms with Gasteiger partial charge < -0.3 is 15.3 Å². The van der Waals surface area contributed by atoms with Gasteiger partial charge in [0.2, 0.25) is 5.91 Å². The van der Waals surface area contributed by atoms with Gasteiger partial charge in [-0.1, -0.05) is 6.07 Å². The van der Waals surface area contributed by atoms with Crippen LogP contribution in [0, 0.1) is 5.92 Å². The predicted octanol–water partition coefficient (Wildman–Crippen LogP) is 3.79. The van der Waals surface area contributed by atoms with E-state index in [0.29, 0.717) is 38.9 Å². The molecule has 6 rings (SSSR count). The van der Waals surface area contributed by atoms with E-state index in [-0.39, 0.29) is 17.9 Å². The maximum atomic E-state index is 12.4. The molecule has 9 heteroatoms. The summed E-state index contributed by atoms with van der Waals surface area (Å²) in [6.45, 7) is 1.97. The first-order valence-corrected chi connectivity index (χ1v) is 13.2. The zero-order valence-electron chi connectivity index (χ0n) is 20.9. The van der Waals surface area contributed by atoms with E-state index in [1.165, 1.54) is 0 Å². The fraction of sp³-hybridized carbons (Fsp3) is 0.429. The molecule has 1 aliphatic carbocycles. The van der Waals surface area contributed by atoms with Gasteiger partial charge in [0.15, 0.2) is 5.82 Å². The fourth-order valence-corrected chi connectivity index (χ4v) is 5.31. The third-order valence-corrected chi connectivity index (χ3v) is 7.59. The van der Waals surface area contributed by atoms with E-state index in [1.54, 1.807) is 6.20 Å². The van der Waals surface area contributed by atoms with Gasteiger partial charge in [-0.05, 0) is 68.0 Å². The van der Waals surface area contributed by atoms with Crippen molar-refractivity contribution in [2.75, 3.05) is 23.4 Å². The number of carbonyl (C=O) groups is 1. The Labute approximate surface area is 216 Å². The summed E-state index contributed by atoms with van der Waals surface area (Å²) in [5.41, 5.74) is 2.29.